The maximum Gasteiger partial charge on any atom is 0.254 e. The Labute approximate surface area is 229 Å². The van der Waals surface area contributed by atoms with Crippen LogP contribution in [0.15, 0.2) is 42.6 Å². The summed E-state index contributed by atoms with van der Waals surface area (Å²) < 4.78 is 13.6. The molecule has 0 bridgehead atoms. The average Bonchev–Trinajstić information content (AvgIpc) is 2.96. The van der Waals surface area contributed by atoms with E-state index in [4.69, 9.17) is 0 Å². The number of carbonyl (C=O) groups excluding carboxylic acids is 1. The van der Waals surface area contributed by atoms with Crippen molar-refractivity contribution in [2.45, 2.75) is 27.3 Å². The molecule has 202 valence electrons. The molecule has 2 fully saturated rings. The third-order valence-electron chi connectivity index (χ3n) is 7.80. The van der Waals surface area contributed by atoms with Crippen molar-refractivity contribution in [1.29, 1.82) is 5.26 Å². The topological polar surface area (TPSA) is 79.6 Å². The summed E-state index contributed by atoms with van der Waals surface area (Å²) in [6, 6.07) is 14.3. The Morgan fingerprint density at radius 1 is 0.949 bits per heavy atom. The molecule has 5 rings (SSSR count). The summed E-state index contributed by atoms with van der Waals surface area (Å²) in [4.78, 5) is 30.5. The first-order valence-electron chi connectivity index (χ1n) is 13.4. The molecule has 1 aromatic heterocycles. The minimum atomic E-state index is -0.413. The Morgan fingerprint density at radius 3 is 2.33 bits per heavy atom. The fraction of sp³-hybridized carbons (Fsp3) is 0.400. The molecule has 9 heteroatoms. The first-order valence-corrected chi connectivity index (χ1v) is 13.4. The van der Waals surface area contributed by atoms with E-state index < -0.39 is 5.82 Å². The predicted molar refractivity (Wildman–Crippen MR) is 149 cm³/mol. The van der Waals surface area contributed by atoms with Gasteiger partial charge in [0.2, 0.25) is 5.95 Å². The number of nitrogens with zero attached hydrogens (tertiary/aromatic N) is 7. The molecule has 2 aliphatic rings. The molecule has 3 heterocycles. The third kappa shape index (κ3) is 5.71. The first-order chi connectivity index (χ1) is 18.8. The molecule has 0 unspecified atom stereocenters. The lowest BCUT2D eigenvalue weighted by Crippen LogP contribution is -2.49. The zero-order valence-corrected chi connectivity index (χ0v) is 22.8. The van der Waals surface area contributed by atoms with Crippen molar-refractivity contribution in [2.24, 2.45) is 0 Å². The van der Waals surface area contributed by atoms with Crippen molar-refractivity contribution < 1.29 is 9.18 Å². The third-order valence-corrected chi connectivity index (χ3v) is 7.80. The summed E-state index contributed by atoms with van der Waals surface area (Å²) in [6.45, 7) is 12.4. The highest BCUT2D eigenvalue weighted by atomic mass is 19.1. The van der Waals surface area contributed by atoms with Gasteiger partial charge in [0.1, 0.15) is 6.07 Å². The highest BCUT2D eigenvalue weighted by Crippen LogP contribution is 2.24. The van der Waals surface area contributed by atoms with Crippen LogP contribution < -0.4 is 9.80 Å². The standard InChI is InChI=1S/C30H34FN7O/c1-21-16-22(2)26(29(39)37-12-14-38(15-13-37)30-33-19-27(31)23(3)34-30)17-25(21)20-35-8-10-36(11-9-35)28-7-5-4-6-24(28)18-32/h4-7,16-17,19H,8-15,20H2,1-3H3. The molecule has 39 heavy (non-hydrogen) atoms. The summed E-state index contributed by atoms with van der Waals surface area (Å²) in [5.41, 5.74) is 6.14. The van der Waals surface area contributed by atoms with Gasteiger partial charge < -0.3 is 14.7 Å². The number of halogens is 1. The van der Waals surface area contributed by atoms with Gasteiger partial charge in [-0.3, -0.25) is 9.69 Å². The summed E-state index contributed by atoms with van der Waals surface area (Å²) in [5, 5.41) is 9.46. The maximum atomic E-state index is 13.6. The van der Waals surface area contributed by atoms with Gasteiger partial charge in [-0.25, -0.2) is 14.4 Å². The monoisotopic (exact) mass is 527 g/mol. The summed E-state index contributed by atoms with van der Waals surface area (Å²) in [6.07, 6.45) is 1.21. The molecule has 0 spiro atoms. The lowest BCUT2D eigenvalue weighted by Gasteiger charge is -2.37. The lowest BCUT2D eigenvalue weighted by molar-refractivity contribution is 0.0745. The molecule has 8 nitrogen and oxygen atoms in total. The molecular weight excluding hydrogens is 493 g/mol. The van der Waals surface area contributed by atoms with E-state index in [2.05, 4.69) is 44.9 Å². The van der Waals surface area contributed by atoms with Gasteiger partial charge >= 0.3 is 0 Å². The lowest BCUT2D eigenvalue weighted by atomic mass is 9.98. The van der Waals surface area contributed by atoms with Gasteiger partial charge in [-0.15, -0.1) is 0 Å². The minimum absolute atomic E-state index is 0.0440. The zero-order chi connectivity index (χ0) is 27.5. The number of aryl methyl sites for hydroxylation is 3. The van der Waals surface area contributed by atoms with Crippen LogP contribution in [0.5, 0.6) is 0 Å². The number of hydrogen-bond donors (Lipinski definition) is 0. The molecule has 0 atom stereocenters. The van der Waals surface area contributed by atoms with Gasteiger partial charge in [0.15, 0.2) is 5.82 Å². The van der Waals surface area contributed by atoms with E-state index in [1.54, 1.807) is 6.92 Å². The molecular formula is C30H34FN7O. The molecule has 0 radical (unpaired) electrons. The average molecular weight is 528 g/mol. The number of anilines is 2. The number of amides is 1. The van der Waals surface area contributed by atoms with Gasteiger partial charge in [-0.1, -0.05) is 18.2 Å². The van der Waals surface area contributed by atoms with E-state index in [9.17, 15) is 14.4 Å². The molecule has 2 saturated heterocycles. The van der Waals surface area contributed by atoms with Crippen molar-refractivity contribution in [3.05, 3.63) is 81.9 Å². The van der Waals surface area contributed by atoms with Crippen LogP contribution in [0.4, 0.5) is 16.0 Å². The number of carbonyl (C=O) groups is 1. The number of aromatic nitrogens is 2. The minimum Gasteiger partial charge on any atom is -0.368 e. The van der Waals surface area contributed by atoms with E-state index in [1.807, 2.05) is 41.0 Å². The molecule has 3 aromatic rings. The van der Waals surface area contributed by atoms with Gasteiger partial charge in [-0.05, 0) is 55.7 Å². The van der Waals surface area contributed by atoms with Crippen LogP contribution in [-0.2, 0) is 6.54 Å². The number of hydrogen-bond acceptors (Lipinski definition) is 7. The predicted octanol–water partition coefficient (Wildman–Crippen LogP) is 3.70. The van der Waals surface area contributed by atoms with Crippen LogP contribution in [0, 0.1) is 37.9 Å². The van der Waals surface area contributed by atoms with Crippen LogP contribution in [0.25, 0.3) is 0 Å². The number of rotatable bonds is 5. The van der Waals surface area contributed by atoms with Crippen molar-refractivity contribution in [3.8, 4) is 6.07 Å². The van der Waals surface area contributed by atoms with Crippen LogP contribution in [0.2, 0.25) is 0 Å². The molecule has 1 amide bonds. The van der Waals surface area contributed by atoms with Crippen molar-refractivity contribution >= 4 is 17.5 Å². The SMILES string of the molecule is Cc1cc(C)c(C(=O)N2CCN(c3ncc(F)c(C)n3)CC2)cc1CN1CCN(c2ccccc2C#N)CC1. The number of nitriles is 1. The molecule has 2 aliphatic heterocycles. The van der Waals surface area contributed by atoms with Crippen LogP contribution in [0.1, 0.15) is 38.3 Å². The Kier molecular flexibility index (Phi) is 7.75. The quantitative estimate of drug-likeness (QED) is 0.501. The first kappa shape index (κ1) is 26.6. The van der Waals surface area contributed by atoms with Gasteiger partial charge in [0.05, 0.1) is 23.1 Å². The zero-order valence-electron chi connectivity index (χ0n) is 22.8. The van der Waals surface area contributed by atoms with Crippen LogP contribution in [-0.4, -0.2) is 78.0 Å². The van der Waals surface area contributed by atoms with E-state index in [0.29, 0.717) is 43.4 Å². The fourth-order valence-corrected chi connectivity index (χ4v) is 5.40. The van der Waals surface area contributed by atoms with Gasteiger partial charge in [0, 0.05) is 64.5 Å². The molecule has 2 aromatic carbocycles. The highest BCUT2D eigenvalue weighted by Gasteiger charge is 2.26. The van der Waals surface area contributed by atoms with Crippen molar-refractivity contribution in [3.63, 3.8) is 0 Å². The maximum absolute atomic E-state index is 13.6. The number of benzene rings is 2. The van der Waals surface area contributed by atoms with E-state index in [1.165, 1.54) is 17.3 Å². The van der Waals surface area contributed by atoms with E-state index in [0.717, 1.165) is 49.5 Å². The summed E-state index contributed by atoms with van der Waals surface area (Å²) in [7, 11) is 0. The second-order valence-electron chi connectivity index (χ2n) is 10.4. The fourth-order valence-electron chi connectivity index (χ4n) is 5.40. The van der Waals surface area contributed by atoms with Gasteiger partial charge in [0.25, 0.3) is 5.91 Å². The Balaban J connectivity index is 1.22. The van der Waals surface area contributed by atoms with Crippen molar-refractivity contribution in [1.82, 2.24) is 19.8 Å². The Hall–Kier alpha value is -4.03. The smallest absolute Gasteiger partial charge is 0.254 e. The second kappa shape index (κ2) is 11.4. The summed E-state index contributed by atoms with van der Waals surface area (Å²) >= 11 is 0. The second-order valence-corrected chi connectivity index (χ2v) is 10.4. The van der Waals surface area contributed by atoms with Crippen LogP contribution in [0.3, 0.4) is 0 Å². The Morgan fingerprint density at radius 2 is 1.64 bits per heavy atom. The molecule has 0 saturated carbocycles. The highest BCUT2D eigenvalue weighted by molar-refractivity contribution is 5.96. The van der Waals surface area contributed by atoms with E-state index in [-0.39, 0.29) is 5.91 Å². The van der Waals surface area contributed by atoms with Crippen LogP contribution >= 0.6 is 0 Å². The number of para-hydroxylation sites is 1. The molecule has 0 N–H and O–H groups in total. The summed E-state index contributed by atoms with van der Waals surface area (Å²) in [5.74, 6) is 0.137. The Bertz CT molecular complexity index is 1400. The van der Waals surface area contributed by atoms with Crippen molar-refractivity contribution in [2.75, 3.05) is 62.2 Å². The largest absolute Gasteiger partial charge is 0.368 e. The normalized spacial score (nSPS) is 16.3. The number of piperazine rings is 2. The van der Waals surface area contributed by atoms with E-state index >= 15 is 0 Å². The molecule has 0 aliphatic carbocycles. The van der Waals surface area contributed by atoms with Gasteiger partial charge in [-0.2, -0.15) is 5.26 Å².